The second kappa shape index (κ2) is 6.78. The molecule has 0 saturated carbocycles. The first-order valence-electron chi connectivity index (χ1n) is 6.25. The highest BCUT2D eigenvalue weighted by Gasteiger charge is 2.13. The molecule has 1 aromatic carbocycles. The monoisotopic (exact) mass is 357 g/mol. The maximum absolute atomic E-state index is 6.31. The Hall–Kier alpha value is -0.510. The topological polar surface area (TPSA) is 3.24 Å². The summed E-state index contributed by atoms with van der Waals surface area (Å²) < 4.78 is 0. The Kier molecular flexibility index (Phi) is 5.31. The number of benzene rings is 1. The summed E-state index contributed by atoms with van der Waals surface area (Å²) >= 11 is 11.6. The molecule has 0 fully saturated rings. The van der Waals surface area contributed by atoms with E-state index in [9.17, 15) is 0 Å². The lowest BCUT2D eigenvalue weighted by Gasteiger charge is -2.29. The molecule has 19 heavy (non-hydrogen) atoms. The Morgan fingerprint density at radius 2 is 2.11 bits per heavy atom. The van der Waals surface area contributed by atoms with Crippen LogP contribution in [0.5, 0.6) is 0 Å². The minimum absolute atomic E-state index is 0.438. The predicted molar refractivity (Wildman–Crippen MR) is 89.7 cm³/mol. The van der Waals surface area contributed by atoms with Gasteiger partial charge in [-0.2, -0.15) is 0 Å². The van der Waals surface area contributed by atoms with E-state index in [1.54, 1.807) is 11.3 Å². The van der Waals surface area contributed by atoms with E-state index in [1.165, 1.54) is 10.6 Å². The zero-order chi connectivity index (χ0) is 13.8. The molecule has 2 rings (SSSR count). The van der Waals surface area contributed by atoms with Gasteiger partial charge >= 0.3 is 0 Å². The second-order valence-corrected chi connectivity index (χ2v) is 6.71. The number of halogens is 2. The van der Waals surface area contributed by atoms with Crippen molar-refractivity contribution in [2.45, 2.75) is 31.8 Å². The average molecular weight is 359 g/mol. The molecule has 1 aromatic heterocycles. The molecule has 0 atom stereocenters. The SMILES string of the molecule is CC(C)N(Cc1cccs1)c1ccc(CBr)c(Cl)c1. The Morgan fingerprint density at radius 3 is 2.63 bits per heavy atom. The fraction of sp³-hybridized carbons (Fsp3) is 0.333. The van der Waals surface area contributed by atoms with Crippen molar-refractivity contribution in [3.8, 4) is 0 Å². The van der Waals surface area contributed by atoms with Crippen molar-refractivity contribution in [1.29, 1.82) is 0 Å². The molecule has 0 spiro atoms. The zero-order valence-electron chi connectivity index (χ0n) is 11.1. The van der Waals surface area contributed by atoms with Crippen LogP contribution in [0.2, 0.25) is 5.02 Å². The molecule has 0 radical (unpaired) electrons. The maximum atomic E-state index is 6.31. The number of hydrogen-bond acceptors (Lipinski definition) is 2. The van der Waals surface area contributed by atoms with Crippen molar-refractivity contribution in [2.24, 2.45) is 0 Å². The number of nitrogens with zero attached hydrogens (tertiary/aromatic N) is 1. The maximum Gasteiger partial charge on any atom is 0.0525 e. The zero-order valence-corrected chi connectivity index (χ0v) is 14.2. The van der Waals surface area contributed by atoms with Crippen molar-refractivity contribution in [3.05, 3.63) is 51.2 Å². The highest BCUT2D eigenvalue weighted by molar-refractivity contribution is 9.08. The van der Waals surface area contributed by atoms with Gasteiger partial charge in [0, 0.05) is 27.0 Å². The number of rotatable bonds is 5. The third kappa shape index (κ3) is 3.74. The fourth-order valence-electron chi connectivity index (χ4n) is 1.97. The van der Waals surface area contributed by atoms with E-state index >= 15 is 0 Å². The number of alkyl halides is 1. The molecular weight excluding hydrogens is 342 g/mol. The van der Waals surface area contributed by atoms with Gasteiger partial charge in [0.2, 0.25) is 0 Å². The largest absolute Gasteiger partial charge is 0.364 e. The summed E-state index contributed by atoms with van der Waals surface area (Å²) in [6.45, 7) is 5.35. The van der Waals surface area contributed by atoms with E-state index in [-0.39, 0.29) is 0 Å². The third-order valence-corrected chi connectivity index (χ3v) is 4.86. The van der Waals surface area contributed by atoms with Crippen LogP contribution in [-0.4, -0.2) is 6.04 Å². The van der Waals surface area contributed by atoms with Gasteiger partial charge in [-0.05, 0) is 43.0 Å². The van der Waals surface area contributed by atoms with E-state index < -0.39 is 0 Å². The highest BCUT2D eigenvalue weighted by Crippen LogP contribution is 2.28. The highest BCUT2D eigenvalue weighted by atomic mass is 79.9. The van der Waals surface area contributed by atoms with Crippen LogP contribution in [0.25, 0.3) is 0 Å². The van der Waals surface area contributed by atoms with Gasteiger partial charge in [0.15, 0.2) is 0 Å². The molecule has 4 heteroatoms. The molecule has 0 aliphatic heterocycles. The lowest BCUT2D eigenvalue weighted by molar-refractivity contribution is 0.687. The fourth-order valence-corrected chi connectivity index (χ4v) is 3.56. The summed E-state index contributed by atoms with van der Waals surface area (Å²) in [6.07, 6.45) is 0. The average Bonchev–Trinajstić information content (AvgIpc) is 2.88. The molecule has 102 valence electrons. The van der Waals surface area contributed by atoms with Crippen molar-refractivity contribution in [2.75, 3.05) is 4.90 Å². The summed E-state index contributed by atoms with van der Waals surface area (Å²) in [5.74, 6) is 0. The second-order valence-electron chi connectivity index (χ2n) is 4.71. The molecule has 0 unspecified atom stereocenters. The quantitative estimate of drug-likeness (QED) is 0.619. The van der Waals surface area contributed by atoms with Gasteiger partial charge in [0.25, 0.3) is 0 Å². The van der Waals surface area contributed by atoms with E-state index in [1.807, 2.05) is 0 Å². The first kappa shape index (κ1) is 14.9. The normalized spacial score (nSPS) is 11.0. The summed E-state index contributed by atoms with van der Waals surface area (Å²) in [5.41, 5.74) is 2.31. The molecule has 0 bridgehead atoms. The Bertz CT molecular complexity index is 525. The lowest BCUT2D eigenvalue weighted by Crippen LogP contribution is -2.29. The smallest absolute Gasteiger partial charge is 0.0525 e. The summed E-state index contributed by atoms with van der Waals surface area (Å²) in [6, 6.07) is 11.0. The van der Waals surface area contributed by atoms with Crippen molar-refractivity contribution < 1.29 is 0 Å². The molecule has 0 amide bonds. The Morgan fingerprint density at radius 1 is 1.32 bits per heavy atom. The molecular formula is C15H17BrClNS. The van der Waals surface area contributed by atoms with Gasteiger partial charge in [0.1, 0.15) is 0 Å². The third-order valence-electron chi connectivity index (χ3n) is 3.04. The van der Waals surface area contributed by atoms with Crippen molar-refractivity contribution in [3.63, 3.8) is 0 Å². The molecule has 0 N–H and O–H groups in total. The first-order chi connectivity index (χ1) is 9.11. The molecule has 0 saturated heterocycles. The van der Waals surface area contributed by atoms with Gasteiger partial charge in [-0.15, -0.1) is 11.3 Å². The van der Waals surface area contributed by atoms with Crippen molar-refractivity contribution in [1.82, 2.24) is 0 Å². The van der Waals surface area contributed by atoms with Gasteiger partial charge < -0.3 is 4.90 Å². The van der Waals surface area contributed by atoms with Crippen LogP contribution in [-0.2, 0) is 11.9 Å². The van der Waals surface area contributed by atoms with Crippen LogP contribution in [0.1, 0.15) is 24.3 Å². The van der Waals surface area contributed by atoms with Crippen LogP contribution < -0.4 is 4.90 Å². The molecule has 1 nitrogen and oxygen atoms in total. The van der Waals surface area contributed by atoms with Crippen LogP contribution in [0.15, 0.2) is 35.7 Å². The van der Waals surface area contributed by atoms with Gasteiger partial charge in [-0.25, -0.2) is 0 Å². The van der Waals surface area contributed by atoms with Gasteiger partial charge in [-0.1, -0.05) is 39.7 Å². The number of anilines is 1. The Labute approximate surface area is 132 Å². The molecule has 1 heterocycles. The Balaban J connectivity index is 2.26. The standard InChI is InChI=1S/C15H17BrClNS/c1-11(2)18(10-14-4-3-7-19-14)13-6-5-12(9-16)15(17)8-13/h3-8,11H,9-10H2,1-2H3. The predicted octanol–water partition coefficient (Wildman–Crippen LogP) is 5.71. The van der Waals surface area contributed by atoms with Crippen LogP contribution in [0, 0.1) is 0 Å². The summed E-state index contributed by atoms with van der Waals surface area (Å²) in [5, 5.41) is 3.74. The van der Waals surface area contributed by atoms with Crippen LogP contribution in [0.4, 0.5) is 5.69 Å². The summed E-state index contributed by atoms with van der Waals surface area (Å²) in [4.78, 5) is 3.74. The number of hydrogen-bond donors (Lipinski definition) is 0. The molecule has 0 aliphatic rings. The van der Waals surface area contributed by atoms with E-state index in [4.69, 9.17) is 11.6 Å². The summed E-state index contributed by atoms with van der Waals surface area (Å²) in [7, 11) is 0. The van der Waals surface area contributed by atoms with Gasteiger partial charge in [0.05, 0.1) is 6.54 Å². The van der Waals surface area contributed by atoms with E-state index in [0.717, 1.165) is 22.5 Å². The van der Waals surface area contributed by atoms with Crippen molar-refractivity contribution >= 4 is 44.6 Å². The lowest BCUT2D eigenvalue weighted by atomic mass is 10.2. The minimum atomic E-state index is 0.438. The molecule has 0 aliphatic carbocycles. The van der Waals surface area contributed by atoms with Crippen LogP contribution >= 0.6 is 38.9 Å². The minimum Gasteiger partial charge on any atom is -0.364 e. The van der Waals surface area contributed by atoms with Crippen LogP contribution in [0.3, 0.4) is 0 Å². The molecule has 2 aromatic rings. The van der Waals surface area contributed by atoms with E-state index in [0.29, 0.717) is 6.04 Å². The van der Waals surface area contributed by atoms with Gasteiger partial charge in [-0.3, -0.25) is 0 Å². The number of thiophene rings is 1. The first-order valence-corrected chi connectivity index (χ1v) is 8.63. The van der Waals surface area contributed by atoms with E-state index in [2.05, 4.69) is 70.4 Å².